The molecular formula is C16H19N3O2. The van der Waals surface area contributed by atoms with Gasteiger partial charge in [0.15, 0.2) is 0 Å². The first kappa shape index (κ1) is 15.1. The molecule has 0 aliphatic rings. The van der Waals surface area contributed by atoms with Crippen molar-refractivity contribution in [3.63, 3.8) is 0 Å². The van der Waals surface area contributed by atoms with Gasteiger partial charge in [0.25, 0.3) is 0 Å². The number of aryl methyl sites for hydroxylation is 1. The van der Waals surface area contributed by atoms with Gasteiger partial charge in [-0.3, -0.25) is 4.79 Å². The third-order valence-electron chi connectivity index (χ3n) is 3.18. The van der Waals surface area contributed by atoms with Crippen LogP contribution in [-0.2, 0) is 16.1 Å². The second-order valence-corrected chi connectivity index (χ2v) is 4.71. The van der Waals surface area contributed by atoms with Crippen LogP contribution >= 0.6 is 0 Å². The lowest BCUT2D eigenvalue weighted by atomic mass is 9.99. The number of hydrogen-bond donors (Lipinski definition) is 1. The number of aromatic nitrogens is 2. The predicted molar refractivity (Wildman–Crippen MR) is 79.7 cm³/mol. The third kappa shape index (κ3) is 4.36. The summed E-state index contributed by atoms with van der Waals surface area (Å²) in [6.45, 7) is 2.94. The fourth-order valence-corrected chi connectivity index (χ4v) is 2.11. The van der Waals surface area contributed by atoms with Crippen LogP contribution in [0.5, 0.6) is 0 Å². The maximum absolute atomic E-state index is 11.9. The Bertz CT molecular complexity index is 587. The maximum atomic E-state index is 11.9. The average molecular weight is 285 g/mol. The van der Waals surface area contributed by atoms with Gasteiger partial charge < -0.3 is 10.1 Å². The molecule has 0 radical (unpaired) electrons. The molecule has 5 nitrogen and oxygen atoms in total. The van der Waals surface area contributed by atoms with Crippen LogP contribution in [0.2, 0.25) is 0 Å². The van der Waals surface area contributed by atoms with Crippen molar-refractivity contribution in [2.75, 3.05) is 13.7 Å². The lowest BCUT2D eigenvalue weighted by Crippen LogP contribution is -2.27. The van der Waals surface area contributed by atoms with Crippen molar-refractivity contribution in [2.45, 2.75) is 19.4 Å². The standard InChI is InChI=1S/C16H19N3O2/c1-12-18-9-8-14(19-12)10-17-11-15(16(20)21-2)13-6-4-3-5-7-13/h3-9,15,17H,10-11H2,1-2H3. The number of benzene rings is 1. The minimum atomic E-state index is -0.320. The summed E-state index contributed by atoms with van der Waals surface area (Å²) >= 11 is 0. The molecule has 1 aromatic heterocycles. The number of nitrogens with zero attached hydrogens (tertiary/aromatic N) is 2. The van der Waals surface area contributed by atoms with Crippen LogP contribution < -0.4 is 5.32 Å². The summed E-state index contributed by atoms with van der Waals surface area (Å²) in [6.07, 6.45) is 1.73. The Balaban J connectivity index is 1.98. The first-order chi connectivity index (χ1) is 10.2. The van der Waals surface area contributed by atoms with E-state index in [0.29, 0.717) is 13.1 Å². The SMILES string of the molecule is COC(=O)C(CNCc1ccnc(C)n1)c1ccccc1. The first-order valence-corrected chi connectivity index (χ1v) is 6.82. The number of ether oxygens (including phenoxy) is 1. The minimum Gasteiger partial charge on any atom is -0.469 e. The molecule has 110 valence electrons. The molecule has 0 fully saturated rings. The summed E-state index contributed by atoms with van der Waals surface area (Å²) in [7, 11) is 1.41. The van der Waals surface area contributed by atoms with E-state index in [2.05, 4.69) is 15.3 Å². The zero-order valence-electron chi connectivity index (χ0n) is 12.2. The number of nitrogens with one attached hydrogen (secondary N) is 1. The zero-order chi connectivity index (χ0) is 15.1. The van der Waals surface area contributed by atoms with Crippen molar-refractivity contribution in [1.82, 2.24) is 15.3 Å². The van der Waals surface area contributed by atoms with Crippen LogP contribution in [0, 0.1) is 6.92 Å². The van der Waals surface area contributed by atoms with Gasteiger partial charge in [-0.15, -0.1) is 0 Å². The van der Waals surface area contributed by atoms with Crippen LogP contribution in [0.25, 0.3) is 0 Å². The molecule has 1 N–H and O–H groups in total. The molecule has 0 aliphatic heterocycles. The number of esters is 1. The average Bonchev–Trinajstić information content (AvgIpc) is 2.52. The van der Waals surface area contributed by atoms with E-state index in [4.69, 9.17) is 4.74 Å². The summed E-state index contributed by atoms with van der Waals surface area (Å²) < 4.78 is 4.88. The molecule has 1 heterocycles. The summed E-state index contributed by atoms with van der Waals surface area (Å²) in [5.74, 6) is 0.175. The Morgan fingerprint density at radius 1 is 1.29 bits per heavy atom. The molecule has 1 unspecified atom stereocenters. The highest BCUT2D eigenvalue weighted by Crippen LogP contribution is 2.16. The third-order valence-corrected chi connectivity index (χ3v) is 3.18. The molecular weight excluding hydrogens is 266 g/mol. The van der Waals surface area contributed by atoms with Gasteiger partial charge in [-0.1, -0.05) is 30.3 Å². The normalized spacial score (nSPS) is 11.9. The zero-order valence-corrected chi connectivity index (χ0v) is 12.2. The molecule has 21 heavy (non-hydrogen) atoms. The van der Waals surface area contributed by atoms with E-state index >= 15 is 0 Å². The Hall–Kier alpha value is -2.27. The van der Waals surface area contributed by atoms with Gasteiger partial charge >= 0.3 is 5.97 Å². The fourth-order valence-electron chi connectivity index (χ4n) is 2.11. The Morgan fingerprint density at radius 3 is 2.71 bits per heavy atom. The van der Waals surface area contributed by atoms with Gasteiger partial charge in [0.1, 0.15) is 5.82 Å². The minimum absolute atomic E-state index is 0.243. The highest BCUT2D eigenvalue weighted by atomic mass is 16.5. The molecule has 1 atom stereocenters. The van der Waals surface area contributed by atoms with E-state index in [0.717, 1.165) is 17.1 Å². The summed E-state index contributed by atoms with van der Waals surface area (Å²) in [6, 6.07) is 11.5. The topological polar surface area (TPSA) is 64.1 Å². The van der Waals surface area contributed by atoms with Crippen molar-refractivity contribution < 1.29 is 9.53 Å². The van der Waals surface area contributed by atoms with Gasteiger partial charge in [0, 0.05) is 19.3 Å². The van der Waals surface area contributed by atoms with Crippen molar-refractivity contribution in [2.24, 2.45) is 0 Å². The van der Waals surface area contributed by atoms with E-state index in [1.54, 1.807) is 6.20 Å². The Labute approximate surface area is 124 Å². The van der Waals surface area contributed by atoms with E-state index in [9.17, 15) is 4.79 Å². The Kier molecular flexibility index (Phi) is 5.40. The quantitative estimate of drug-likeness (QED) is 0.820. The van der Waals surface area contributed by atoms with E-state index in [-0.39, 0.29) is 11.9 Å². The molecule has 0 aliphatic carbocycles. The second-order valence-electron chi connectivity index (χ2n) is 4.71. The van der Waals surface area contributed by atoms with Crippen molar-refractivity contribution >= 4 is 5.97 Å². The molecule has 0 bridgehead atoms. The number of methoxy groups -OCH3 is 1. The summed E-state index contributed by atoms with van der Waals surface area (Å²) in [4.78, 5) is 20.3. The highest BCUT2D eigenvalue weighted by Gasteiger charge is 2.20. The lowest BCUT2D eigenvalue weighted by Gasteiger charge is -2.15. The lowest BCUT2D eigenvalue weighted by molar-refractivity contribution is -0.142. The molecule has 0 saturated heterocycles. The molecule has 5 heteroatoms. The van der Waals surface area contributed by atoms with Crippen molar-refractivity contribution in [3.05, 3.63) is 59.7 Å². The monoisotopic (exact) mass is 285 g/mol. The van der Waals surface area contributed by atoms with Crippen LogP contribution in [0.4, 0.5) is 0 Å². The van der Waals surface area contributed by atoms with E-state index in [1.807, 2.05) is 43.3 Å². The largest absolute Gasteiger partial charge is 0.469 e. The van der Waals surface area contributed by atoms with Gasteiger partial charge in [-0.2, -0.15) is 0 Å². The smallest absolute Gasteiger partial charge is 0.314 e. The first-order valence-electron chi connectivity index (χ1n) is 6.82. The van der Waals surface area contributed by atoms with Gasteiger partial charge in [-0.25, -0.2) is 9.97 Å². The van der Waals surface area contributed by atoms with E-state index in [1.165, 1.54) is 7.11 Å². The molecule has 2 aromatic rings. The van der Waals surface area contributed by atoms with Gasteiger partial charge in [0.05, 0.1) is 18.7 Å². The van der Waals surface area contributed by atoms with Crippen LogP contribution in [0.15, 0.2) is 42.6 Å². The molecule has 0 amide bonds. The van der Waals surface area contributed by atoms with Gasteiger partial charge in [0.2, 0.25) is 0 Å². The van der Waals surface area contributed by atoms with Gasteiger partial charge in [-0.05, 0) is 18.6 Å². The van der Waals surface area contributed by atoms with Crippen LogP contribution in [-0.4, -0.2) is 29.6 Å². The highest BCUT2D eigenvalue weighted by molar-refractivity contribution is 5.78. The maximum Gasteiger partial charge on any atom is 0.314 e. The fraction of sp³-hybridized carbons (Fsp3) is 0.312. The summed E-state index contributed by atoms with van der Waals surface area (Å²) in [5, 5.41) is 3.25. The molecule has 2 rings (SSSR count). The number of rotatable bonds is 6. The van der Waals surface area contributed by atoms with Crippen molar-refractivity contribution in [3.8, 4) is 0 Å². The second kappa shape index (κ2) is 7.50. The van der Waals surface area contributed by atoms with Crippen LogP contribution in [0.3, 0.4) is 0 Å². The summed E-state index contributed by atoms with van der Waals surface area (Å²) in [5.41, 5.74) is 1.84. The van der Waals surface area contributed by atoms with Crippen molar-refractivity contribution in [1.29, 1.82) is 0 Å². The molecule has 0 spiro atoms. The number of carbonyl (C=O) groups excluding carboxylic acids is 1. The van der Waals surface area contributed by atoms with Crippen LogP contribution in [0.1, 0.15) is 23.0 Å². The molecule has 0 saturated carbocycles. The Morgan fingerprint density at radius 2 is 2.05 bits per heavy atom. The van der Waals surface area contributed by atoms with E-state index < -0.39 is 0 Å². The molecule has 1 aromatic carbocycles. The number of carbonyl (C=O) groups is 1. The number of hydrogen-bond acceptors (Lipinski definition) is 5. The predicted octanol–water partition coefficient (Wildman–Crippen LogP) is 1.83.